The van der Waals surface area contributed by atoms with Crippen LogP contribution in [0.25, 0.3) is 5.69 Å². The minimum Gasteiger partial charge on any atom is -0.339 e. The third kappa shape index (κ3) is 5.19. The van der Waals surface area contributed by atoms with Crippen LogP contribution < -0.4 is 0 Å². The maximum absolute atomic E-state index is 12.7. The summed E-state index contributed by atoms with van der Waals surface area (Å²) in [6.07, 6.45) is 0. The Balaban J connectivity index is 1.28. The Kier molecular flexibility index (Phi) is 6.66. The van der Waals surface area contributed by atoms with Crippen LogP contribution in [0.4, 0.5) is 0 Å². The number of piperazine rings is 1. The highest BCUT2D eigenvalue weighted by atomic mass is 35.5. The first kappa shape index (κ1) is 20.8. The standard InChI is InChI=1S/C21H23ClN6OS/c1-16-4-2-7-19(12-16)28-21(23-24-25-28)30-15-20(29)27-10-8-26(9-11-27)14-17-5-3-6-18(22)13-17/h2-7,12-13H,8-11,14-15H2,1H3. The first-order valence-corrected chi connectivity index (χ1v) is 11.2. The van der Waals surface area contributed by atoms with Gasteiger partial charge in [-0.05, 0) is 52.7 Å². The van der Waals surface area contributed by atoms with E-state index in [2.05, 4.69) is 26.5 Å². The fourth-order valence-corrected chi connectivity index (χ4v) is 4.46. The van der Waals surface area contributed by atoms with Crippen LogP contribution in [-0.2, 0) is 11.3 Å². The van der Waals surface area contributed by atoms with Crippen molar-refractivity contribution in [1.82, 2.24) is 30.0 Å². The molecule has 4 rings (SSSR count). The molecule has 9 heteroatoms. The molecule has 0 unspecified atom stereocenters. The number of carbonyl (C=O) groups is 1. The maximum Gasteiger partial charge on any atom is 0.233 e. The summed E-state index contributed by atoms with van der Waals surface area (Å²) in [6, 6.07) is 15.9. The van der Waals surface area contributed by atoms with Crippen molar-refractivity contribution < 1.29 is 4.79 Å². The molecule has 1 aliphatic heterocycles. The Labute approximate surface area is 185 Å². The molecule has 1 aliphatic rings. The highest BCUT2D eigenvalue weighted by Crippen LogP contribution is 2.20. The molecule has 0 radical (unpaired) electrons. The number of aromatic nitrogens is 4. The molecule has 0 aliphatic carbocycles. The number of amides is 1. The molecule has 1 saturated heterocycles. The number of tetrazole rings is 1. The van der Waals surface area contributed by atoms with E-state index >= 15 is 0 Å². The average molecular weight is 443 g/mol. The van der Waals surface area contributed by atoms with E-state index < -0.39 is 0 Å². The van der Waals surface area contributed by atoms with Crippen molar-refractivity contribution >= 4 is 29.3 Å². The highest BCUT2D eigenvalue weighted by Gasteiger charge is 2.22. The Bertz CT molecular complexity index is 1020. The molecule has 2 aromatic carbocycles. The smallest absolute Gasteiger partial charge is 0.233 e. The van der Waals surface area contributed by atoms with Crippen LogP contribution in [0.1, 0.15) is 11.1 Å². The summed E-state index contributed by atoms with van der Waals surface area (Å²) in [5.41, 5.74) is 3.22. The number of rotatable bonds is 6. The summed E-state index contributed by atoms with van der Waals surface area (Å²) in [6.45, 7) is 6.03. The van der Waals surface area contributed by atoms with E-state index in [9.17, 15) is 4.79 Å². The Morgan fingerprint density at radius 2 is 1.90 bits per heavy atom. The predicted molar refractivity (Wildman–Crippen MR) is 118 cm³/mol. The molecule has 156 valence electrons. The first-order chi connectivity index (χ1) is 14.6. The number of hydrogen-bond acceptors (Lipinski definition) is 6. The summed E-state index contributed by atoms with van der Waals surface area (Å²) in [4.78, 5) is 17.0. The van der Waals surface area contributed by atoms with Crippen molar-refractivity contribution in [2.75, 3.05) is 31.9 Å². The van der Waals surface area contributed by atoms with Crippen LogP contribution in [-0.4, -0.2) is 67.8 Å². The molecule has 0 atom stereocenters. The van der Waals surface area contributed by atoms with Crippen molar-refractivity contribution in [2.45, 2.75) is 18.6 Å². The number of nitrogens with zero attached hydrogens (tertiary/aromatic N) is 6. The molecular formula is C21H23ClN6OS. The Hall–Kier alpha value is -2.42. The summed E-state index contributed by atoms with van der Waals surface area (Å²) in [5.74, 6) is 0.432. The van der Waals surface area contributed by atoms with Gasteiger partial charge in [0.05, 0.1) is 11.4 Å². The molecule has 0 N–H and O–H groups in total. The molecule has 7 nitrogen and oxygen atoms in total. The number of thioether (sulfide) groups is 1. The van der Waals surface area contributed by atoms with Gasteiger partial charge in [0.1, 0.15) is 0 Å². The minimum absolute atomic E-state index is 0.112. The molecule has 0 spiro atoms. The van der Waals surface area contributed by atoms with Crippen molar-refractivity contribution in [2.24, 2.45) is 0 Å². The molecular weight excluding hydrogens is 420 g/mol. The summed E-state index contributed by atoms with van der Waals surface area (Å²) < 4.78 is 1.67. The molecule has 3 aromatic rings. The lowest BCUT2D eigenvalue weighted by molar-refractivity contribution is -0.130. The second-order valence-electron chi connectivity index (χ2n) is 7.29. The van der Waals surface area contributed by atoms with Gasteiger partial charge in [-0.2, -0.15) is 4.68 Å². The van der Waals surface area contributed by atoms with Gasteiger partial charge in [-0.1, -0.05) is 47.6 Å². The second-order valence-corrected chi connectivity index (χ2v) is 8.67. The van der Waals surface area contributed by atoms with Crippen LogP contribution in [0, 0.1) is 6.92 Å². The zero-order valence-electron chi connectivity index (χ0n) is 16.7. The monoisotopic (exact) mass is 442 g/mol. The fraction of sp³-hybridized carbons (Fsp3) is 0.333. The van der Waals surface area contributed by atoms with Crippen LogP contribution >= 0.6 is 23.4 Å². The van der Waals surface area contributed by atoms with Crippen molar-refractivity contribution in [3.05, 3.63) is 64.7 Å². The van der Waals surface area contributed by atoms with Gasteiger partial charge in [0, 0.05) is 37.7 Å². The van der Waals surface area contributed by atoms with E-state index in [0.29, 0.717) is 10.9 Å². The lowest BCUT2D eigenvalue weighted by Crippen LogP contribution is -2.48. The maximum atomic E-state index is 12.7. The second kappa shape index (κ2) is 9.59. The Morgan fingerprint density at radius 3 is 2.67 bits per heavy atom. The van der Waals surface area contributed by atoms with E-state index in [1.807, 2.05) is 54.3 Å². The largest absolute Gasteiger partial charge is 0.339 e. The molecule has 1 amide bonds. The lowest BCUT2D eigenvalue weighted by atomic mass is 10.2. The van der Waals surface area contributed by atoms with Crippen molar-refractivity contribution in [3.8, 4) is 5.69 Å². The number of carbonyl (C=O) groups excluding carboxylic acids is 1. The van der Waals surface area contributed by atoms with Crippen LogP contribution in [0.5, 0.6) is 0 Å². The first-order valence-electron chi connectivity index (χ1n) is 9.81. The van der Waals surface area contributed by atoms with Gasteiger partial charge in [0.15, 0.2) is 0 Å². The lowest BCUT2D eigenvalue weighted by Gasteiger charge is -2.34. The highest BCUT2D eigenvalue weighted by molar-refractivity contribution is 7.99. The third-order valence-corrected chi connectivity index (χ3v) is 6.17. The van der Waals surface area contributed by atoms with Gasteiger partial charge in [-0.15, -0.1) is 5.10 Å². The number of benzene rings is 2. The molecule has 0 bridgehead atoms. The van der Waals surface area contributed by atoms with E-state index in [4.69, 9.17) is 11.6 Å². The zero-order valence-corrected chi connectivity index (χ0v) is 18.3. The van der Waals surface area contributed by atoms with Gasteiger partial charge in [-0.25, -0.2) is 0 Å². The normalized spacial score (nSPS) is 14.8. The van der Waals surface area contributed by atoms with Gasteiger partial charge >= 0.3 is 0 Å². The predicted octanol–water partition coefficient (Wildman–Crippen LogP) is 3.06. The molecule has 0 saturated carbocycles. The molecule has 1 aromatic heterocycles. The van der Waals surface area contributed by atoms with E-state index in [0.717, 1.165) is 49.0 Å². The van der Waals surface area contributed by atoms with Crippen molar-refractivity contribution in [1.29, 1.82) is 0 Å². The van der Waals surface area contributed by atoms with Gasteiger partial charge < -0.3 is 4.90 Å². The van der Waals surface area contributed by atoms with Crippen LogP contribution in [0.3, 0.4) is 0 Å². The van der Waals surface area contributed by atoms with Crippen molar-refractivity contribution in [3.63, 3.8) is 0 Å². The van der Waals surface area contributed by atoms with Crippen LogP contribution in [0.15, 0.2) is 53.7 Å². The molecule has 1 fully saturated rings. The fourth-order valence-electron chi connectivity index (χ4n) is 3.46. The minimum atomic E-state index is 0.112. The third-order valence-electron chi connectivity index (χ3n) is 5.03. The summed E-state index contributed by atoms with van der Waals surface area (Å²) >= 11 is 7.44. The number of aryl methyl sites for hydroxylation is 1. The summed E-state index contributed by atoms with van der Waals surface area (Å²) in [7, 11) is 0. The SMILES string of the molecule is Cc1cccc(-n2nnnc2SCC(=O)N2CCN(Cc3cccc(Cl)c3)CC2)c1. The van der Waals surface area contributed by atoms with E-state index in [1.165, 1.54) is 17.3 Å². The Morgan fingerprint density at radius 1 is 1.10 bits per heavy atom. The van der Waals surface area contributed by atoms with Gasteiger partial charge in [0.25, 0.3) is 0 Å². The zero-order chi connectivity index (χ0) is 20.9. The van der Waals surface area contributed by atoms with E-state index in [1.54, 1.807) is 4.68 Å². The quantitative estimate of drug-likeness (QED) is 0.546. The molecule has 30 heavy (non-hydrogen) atoms. The van der Waals surface area contributed by atoms with E-state index in [-0.39, 0.29) is 5.91 Å². The topological polar surface area (TPSA) is 67.2 Å². The average Bonchev–Trinajstić information content (AvgIpc) is 3.21. The van der Waals surface area contributed by atoms with Gasteiger partial charge in [0.2, 0.25) is 11.1 Å². The summed E-state index contributed by atoms with van der Waals surface area (Å²) in [5, 5.41) is 13.3. The molecule has 2 heterocycles. The number of hydrogen-bond donors (Lipinski definition) is 0. The van der Waals surface area contributed by atoms with Crippen LogP contribution in [0.2, 0.25) is 5.02 Å². The van der Waals surface area contributed by atoms with Gasteiger partial charge in [-0.3, -0.25) is 9.69 Å². The number of halogens is 1.